The molecule has 0 aliphatic rings. The number of carbonyl (C=O) groups is 2. The number of carbonyl (C=O) groups excluding carboxylic acids is 2. The number of amides is 1. The van der Waals surface area contributed by atoms with E-state index < -0.39 is 22.9 Å². The van der Waals surface area contributed by atoms with Crippen LogP contribution >= 0.6 is 0 Å². The average Bonchev–Trinajstić information content (AvgIpc) is 3.02. The van der Waals surface area contributed by atoms with Crippen molar-refractivity contribution in [2.75, 3.05) is 5.32 Å². The molecule has 1 N–H and O–H groups in total. The fourth-order valence-corrected chi connectivity index (χ4v) is 2.32. The molecule has 2 rings (SSSR count). The van der Waals surface area contributed by atoms with Crippen molar-refractivity contribution in [1.29, 1.82) is 0 Å². The Morgan fingerprint density at radius 3 is 2.54 bits per heavy atom. The van der Waals surface area contributed by atoms with Gasteiger partial charge < -0.3 is 10.1 Å². The number of nitro benzene ring substituents is 1. The summed E-state index contributed by atoms with van der Waals surface area (Å²) in [4.78, 5) is 34.7. The van der Waals surface area contributed by atoms with Crippen molar-refractivity contribution in [3.05, 3.63) is 51.7 Å². The van der Waals surface area contributed by atoms with Crippen LogP contribution in [0.5, 0.6) is 0 Å². The molecule has 138 valence electrons. The Morgan fingerprint density at radius 1 is 1.27 bits per heavy atom. The molecule has 2 aromatic rings. The molecule has 0 fully saturated rings. The van der Waals surface area contributed by atoms with Crippen molar-refractivity contribution in [3.8, 4) is 0 Å². The minimum atomic E-state index is -1.05. The quantitative estimate of drug-likeness (QED) is 0.481. The van der Waals surface area contributed by atoms with Gasteiger partial charge in [0.15, 0.2) is 6.10 Å². The molecule has 0 saturated carbocycles. The van der Waals surface area contributed by atoms with Gasteiger partial charge in [0.2, 0.25) is 0 Å². The van der Waals surface area contributed by atoms with Gasteiger partial charge in [-0.15, -0.1) is 0 Å². The van der Waals surface area contributed by atoms with E-state index in [0.29, 0.717) is 11.4 Å². The van der Waals surface area contributed by atoms with Crippen molar-refractivity contribution in [2.45, 2.75) is 39.8 Å². The first-order valence-electron chi connectivity index (χ1n) is 8.01. The first kappa shape index (κ1) is 19.1. The normalized spacial score (nSPS) is 11.9. The highest BCUT2D eigenvalue weighted by Crippen LogP contribution is 2.20. The smallest absolute Gasteiger partial charge is 0.338 e. The summed E-state index contributed by atoms with van der Waals surface area (Å²) < 4.78 is 6.78. The molecule has 9 heteroatoms. The van der Waals surface area contributed by atoms with Crippen LogP contribution in [0.2, 0.25) is 0 Å². The van der Waals surface area contributed by atoms with Crippen LogP contribution < -0.4 is 5.32 Å². The molecule has 0 unspecified atom stereocenters. The highest BCUT2D eigenvalue weighted by Gasteiger charge is 2.22. The Labute approximate surface area is 150 Å². The number of esters is 1. The Morgan fingerprint density at radius 2 is 1.96 bits per heavy atom. The van der Waals surface area contributed by atoms with Crippen LogP contribution in [0.4, 0.5) is 11.5 Å². The number of rotatable bonds is 6. The molecular formula is C17H20N4O5. The number of nitro groups is 1. The second kappa shape index (κ2) is 7.77. The minimum absolute atomic E-state index is 0.0567. The maximum atomic E-state index is 12.2. The lowest BCUT2D eigenvalue weighted by atomic mass is 10.1. The predicted octanol–water partition coefficient (Wildman–Crippen LogP) is 2.86. The molecule has 1 aromatic heterocycles. The summed E-state index contributed by atoms with van der Waals surface area (Å²) in [6.45, 7) is 6.81. The first-order valence-corrected chi connectivity index (χ1v) is 8.01. The van der Waals surface area contributed by atoms with Crippen molar-refractivity contribution < 1.29 is 19.2 Å². The molecule has 0 radical (unpaired) electrons. The number of hydrogen-bond acceptors (Lipinski definition) is 6. The van der Waals surface area contributed by atoms with Crippen molar-refractivity contribution in [3.63, 3.8) is 0 Å². The number of anilines is 1. The van der Waals surface area contributed by atoms with E-state index in [0.717, 1.165) is 0 Å². The highest BCUT2D eigenvalue weighted by atomic mass is 16.6. The maximum Gasteiger partial charge on any atom is 0.338 e. The van der Waals surface area contributed by atoms with Crippen LogP contribution in [0.15, 0.2) is 30.5 Å². The first-order chi connectivity index (χ1) is 12.2. The van der Waals surface area contributed by atoms with Gasteiger partial charge in [0, 0.05) is 23.7 Å². The molecule has 9 nitrogen and oxygen atoms in total. The van der Waals surface area contributed by atoms with E-state index in [4.69, 9.17) is 4.74 Å². The lowest BCUT2D eigenvalue weighted by Gasteiger charge is -2.16. The Hall–Kier alpha value is -3.23. The number of aryl methyl sites for hydroxylation is 1. The summed E-state index contributed by atoms with van der Waals surface area (Å²) in [7, 11) is 0. The number of ether oxygens (including phenoxy) is 1. The fraction of sp³-hybridized carbons (Fsp3) is 0.353. The van der Waals surface area contributed by atoms with Crippen LogP contribution in [0, 0.1) is 17.0 Å². The zero-order valence-electron chi connectivity index (χ0n) is 14.9. The third-order valence-corrected chi connectivity index (χ3v) is 3.69. The van der Waals surface area contributed by atoms with Gasteiger partial charge in [0.25, 0.3) is 11.6 Å². The number of hydrogen-bond donors (Lipinski definition) is 1. The van der Waals surface area contributed by atoms with Gasteiger partial charge in [-0.1, -0.05) is 0 Å². The molecule has 1 amide bonds. The van der Waals surface area contributed by atoms with Gasteiger partial charge in [-0.05, 0) is 39.8 Å². The lowest BCUT2D eigenvalue weighted by Crippen LogP contribution is -2.31. The summed E-state index contributed by atoms with van der Waals surface area (Å²) >= 11 is 0. The molecule has 0 saturated heterocycles. The van der Waals surface area contributed by atoms with E-state index in [1.807, 2.05) is 13.8 Å². The van der Waals surface area contributed by atoms with Gasteiger partial charge in [0.1, 0.15) is 5.82 Å². The Kier molecular flexibility index (Phi) is 5.71. The van der Waals surface area contributed by atoms with Crippen LogP contribution in [0.1, 0.15) is 42.7 Å². The van der Waals surface area contributed by atoms with Gasteiger partial charge in [0.05, 0.1) is 16.7 Å². The second-order valence-corrected chi connectivity index (χ2v) is 6.05. The summed E-state index contributed by atoms with van der Waals surface area (Å²) in [5, 5.41) is 17.6. The highest BCUT2D eigenvalue weighted by molar-refractivity contribution is 5.97. The molecule has 0 aliphatic carbocycles. The molecule has 0 spiro atoms. The minimum Gasteiger partial charge on any atom is -0.449 e. The summed E-state index contributed by atoms with van der Waals surface area (Å²) in [6, 6.07) is 5.59. The molecule has 1 heterocycles. The van der Waals surface area contributed by atoms with Crippen molar-refractivity contribution in [1.82, 2.24) is 9.78 Å². The third kappa shape index (κ3) is 4.24. The van der Waals surface area contributed by atoms with Gasteiger partial charge in [-0.3, -0.25) is 14.9 Å². The molecular weight excluding hydrogens is 340 g/mol. The van der Waals surface area contributed by atoms with Crippen LogP contribution in [0.25, 0.3) is 0 Å². The molecule has 0 aliphatic heterocycles. The monoisotopic (exact) mass is 360 g/mol. The van der Waals surface area contributed by atoms with E-state index in [9.17, 15) is 19.7 Å². The molecule has 1 atom stereocenters. The topological polar surface area (TPSA) is 116 Å². The zero-order valence-corrected chi connectivity index (χ0v) is 14.9. The van der Waals surface area contributed by atoms with Crippen LogP contribution in [-0.2, 0) is 9.53 Å². The number of nitrogens with zero attached hydrogens (tertiary/aromatic N) is 3. The summed E-state index contributed by atoms with van der Waals surface area (Å²) in [5.41, 5.74) is 0.386. The van der Waals surface area contributed by atoms with E-state index in [-0.39, 0.29) is 17.3 Å². The lowest BCUT2D eigenvalue weighted by molar-refractivity contribution is -0.385. The standard InChI is InChI=1S/C17H20N4O5/c1-10(2)20-15(7-8-18-20)19-16(22)12(4)26-17(23)13-5-6-14(21(24)25)11(3)9-13/h5-10,12H,1-4H3,(H,19,22)/t12-/m0/s1. The predicted molar refractivity (Wildman–Crippen MR) is 94.0 cm³/mol. The van der Waals surface area contributed by atoms with E-state index in [1.165, 1.54) is 32.0 Å². The molecule has 26 heavy (non-hydrogen) atoms. The van der Waals surface area contributed by atoms with Crippen molar-refractivity contribution >= 4 is 23.4 Å². The summed E-state index contributed by atoms with van der Waals surface area (Å²) in [5.74, 6) is -0.735. The summed E-state index contributed by atoms with van der Waals surface area (Å²) in [6.07, 6.45) is 0.514. The molecule has 1 aromatic carbocycles. The van der Waals surface area contributed by atoms with E-state index >= 15 is 0 Å². The average molecular weight is 360 g/mol. The van der Waals surface area contributed by atoms with E-state index in [1.54, 1.807) is 16.9 Å². The van der Waals surface area contributed by atoms with Crippen LogP contribution in [-0.4, -0.2) is 32.7 Å². The largest absolute Gasteiger partial charge is 0.449 e. The number of aromatic nitrogens is 2. The van der Waals surface area contributed by atoms with Gasteiger partial charge >= 0.3 is 5.97 Å². The third-order valence-electron chi connectivity index (χ3n) is 3.69. The number of nitrogens with one attached hydrogen (secondary N) is 1. The second-order valence-electron chi connectivity index (χ2n) is 6.05. The van der Waals surface area contributed by atoms with Crippen LogP contribution in [0.3, 0.4) is 0 Å². The Bertz CT molecular complexity index is 843. The van der Waals surface area contributed by atoms with Crippen molar-refractivity contribution in [2.24, 2.45) is 0 Å². The number of benzene rings is 1. The van der Waals surface area contributed by atoms with Gasteiger partial charge in [-0.2, -0.15) is 5.10 Å². The zero-order chi connectivity index (χ0) is 19.4. The van der Waals surface area contributed by atoms with E-state index in [2.05, 4.69) is 10.4 Å². The SMILES string of the molecule is Cc1cc(C(=O)O[C@@H](C)C(=O)Nc2ccnn2C(C)C)ccc1[N+](=O)[O-]. The molecule has 0 bridgehead atoms. The van der Waals surface area contributed by atoms with Gasteiger partial charge in [-0.25, -0.2) is 9.48 Å². The maximum absolute atomic E-state index is 12.2. The Balaban J connectivity index is 2.04. The fourth-order valence-electron chi connectivity index (χ4n) is 2.32.